The van der Waals surface area contributed by atoms with E-state index >= 15 is 0 Å². The minimum Gasteiger partial charge on any atom is -0.382 e. The minimum atomic E-state index is -3.71. The summed E-state index contributed by atoms with van der Waals surface area (Å²) in [5, 5.41) is 8.24. The zero-order valence-corrected chi connectivity index (χ0v) is 12.8. The molecule has 1 saturated carbocycles. The predicted octanol–water partition coefficient (Wildman–Crippen LogP) is 1.03. The number of anilines is 1. The number of para-hydroxylation sites is 1. The largest absolute Gasteiger partial charge is 0.382 e. The Morgan fingerprint density at radius 2 is 1.86 bits per heavy atom. The van der Waals surface area contributed by atoms with E-state index in [1.807, 2.05) is 0 Å². The van der Waals surface area contributed by atoms with Crippen LogP contribution in [0, 0.1) is 0 Å². The monoisotopic (exact) mass is 313 g/mol. The van der Waals surface area contributed by atoms with Crippen molar-refractivity contribution in [2.75, 3.05) is 18.5 Å². The van der Waals surface area contributed by atoms with E-state index in [0.29, 0.717) is 24.9 Å². The summed E-state index contributed by atoms with van der Waals surface area (Å²) >= 11 is 0. The molecule has 5 N–H and O–H groups in total. The number of ether oxygens (including phenoxy) is 1. The van der Waals surface area contributed by atoms with Crippen molar-refractivity contribution in [3.8, 4) is 0 Å². The van der Waals surface area contributed by atoms with E-state index < -0.39 is 10.0 Å². The first-order valence-electron chi connectivity index (χ1n) is 7.19. The number of hydrogen-bond donors (Lipinski definition) is 3. The molecule has 0 radical (unpaired) electrons. The molecule has 118 valence electrons. The van der Waals surface area contributed by atoms with Crippen LogP contribution in [0.15, 0.2) is 29.2 Å². The molecule has 6 nitrogen and oxygen atoms in total. The molecular formula is C14H23N3O3S. The second-order valence-electron chi connectivity index (χ2n) is 5.38. The number of nitrogens with two attached hydrogens (primary N) is 2. The lowest BCUT2D eigenvalue weighted by molar-refractivity contribution is 0.0313. The number of nitrogens with one attached hydrogen (secondary N) is 1. The van der Waals surface area contributed by atoms with E-state index in [2.05, 4.69) is 5.32 Å². The molecule has 7 heteroatoms. The van der Waals surface area contributed by atoms with Crippen molar-refractivity contribution in [2.24, 2.45) is 10.9 Å². The summed E-state index contributed by atoms with van der Waals surface area (Å²) in [5.41, 5.74) is 6.36. The molecule has 0 unspecified atom stereocenters. The Labute approximate surface area is 125 Å². The van der Waals surface area contributed by atoms with Crippen LogP contribution >= 0.6 is 0 Å². The Bertz CT molecular complexity index is 554. The summed E-state index contributed by atoms with van der Waals surface area (Å²) in [4.78, 5) is 0.105. The van der Waals surface area contributed by atoms with Gasteiger partial charge in [0.05, 0.1) is 18.4 Å². The van der Waals surface area contributed by atoms with Gasteiger partial charge in [-0.15, -0.1) is 0 Å². The van der Waals surface area contributed by atoms with Gasteiger partial charge in [0.1, 0.15) is 4.90 Å². The minimum absolute atomic E-state index is 0.105. The zero-order valence-electron chi connectivity index (χ0n) is 12.0. The van der Waals surface area contributed by atoms with E-state index in [1.165, 1.54) is 6.07 Å². The quantitative estimate of drug-likeness (QED) is 0.680. The lowest BCUT2D eigenvalue weighted by Crippen LogP contribution is -2.31. The van der Waals surface area contributed by atoms with Crippen LogP contribution in [-0.2, 0) is 14.8 Å². The van der Waals surface area contributed by atoms with E-state index in [0.717, 1.165) is 25.7 Å². The molecule has 0 bridgehead atoms. The third-order valence-electron chi connectivity index (χ3n) is 3.68. The summed E-state index contributed by atoms with van der Waals surface area (Å²) in [7, 11) is -3.71. The average molecular weight is 313 g/mol. The van der Waals surface area contributed by atoms with Gasteiger partial charge >= 0.3 is 0 Å². The third kappa shape index (κ3) is 4.96. The number of hydrogen-bond acceptors (Lipinski definition) is 5. The van der Waals surface area contributed by atoms with Gasteiger partial charge in [-0.25, -0.2) is 13.6 Å². The molecular weight excluding hydrogens is 290 g/mol. The van der Waals surface area contributed by atoms with Crippen molar-refractivity contribution in [3.05, 3.63) is 24.3 Å². The smallest absolute Gasteiger partial charge is 0.240 e. The molecule has 0 aliphatic heterocycles. The van der Waals surface area contributed by atoms with Gasteiger partial charge in [0.15, 0.2) is 0 Å². The van der Waals surface area contributed by atoms with Gasteiger partial charge in [0, 0.05) is 12.6 Å². The van der Waals surface area contributed by atoms with Gasteiger partial charge in [0.25, 0.3) is 0 Å². The van der Waals surface area contributed by atoms with Crippen molar-refractivity contribution in [1.29, 1.82) is 0 Å². The normalized spacial score (nSPS) is 23.0. The molecule has 1 aromatic rings. The second-order valence-corrected chi connectivity index (χ2v) is 6.91. The fraction of sp³-hybridized carbons (Fsp3) is 0.571. The first-order valence-corrected chi connectivity index (χ1v) is 8.74. The highest BCUT2D eigenvalue weighted by Gasteiger charge is 2.18. The Hall–Kier alpha value is -1.15. The molecule has 21 heavy (non-hydrogen) atoms. The van der Waals surface area contributed by atoms with Crippen molar-refractivity contribution in [1.82, 2.24) is 0 Å². The van der Waals surface area contributed by atoms with Crippen LogP contribution in [0.25, 0.3) is 0 Å². The first-order chi connectivity index (χ1) is 9.97. The molecule has 0 aromatic heterocycles. The maximum atomic E-state index is 11.5. The maximum absolute atomic E-state index is 11.5. The molecule has 1 aliphatic rings. The highest BCUT2D eigenvalue weighted by Crippen LogP contribution is 2.21. The summed E-state index contributed by atoms with van der Waals surface area (Å²) in [6.07, 6.45) is 4.27. The van der Waals surface area contributed by atoms with Crippen LogP contribution in [0.5, 0.6) is 0 Å². The van der Waals surface area contributed by atoms with Crippen LogP contribution in [0.4, 0.5) is 5.69 Å². The average Bonchev–Trinajstić information content (AvgIpc) is 2.45. The van der Waals surface area contributed by atoms with Gasteiger partial charge in [-0.3, -0.25) is 0 Å². The molecule has 1 aromatic carbocycles. The van der Waals surface area contributed by atoms with Crippen LogP contribution in [0.2, 0.25) is 0 Å². The fourth-order valence-electron chi connectivity index (χ4n) is 2.53. The first kappa shape index (κ1) is 16.2. The Morgan fingerprint density at radius 3 is 2.52 bits per heavy atom. The van der Waals surface area contributed by atoms with Crippen molar-refractivity contribution < 1.29 is 13.2 Å². The fourth-order valence-corrected chi connectivity index (χ4v) is 3.24. The third-order valence-corrected chi connectivity index (χ3v) is 4.65. The molecule has 0 saturated heterocycles. The van der Waals surface area contributed by atoms with Crippen LogP contribution in [-0.4, -0.2) is 33.7 Å². The summed E-state index contributed by atoms with van der Waals surface area (Å²) in [5.74, 6) is 0. The van der Waals surface area contributed by atoms with Gasteiger partial charge in [-0.05, 0) is 37.8 Å². The van der Waals surface area contributed by atoms with Crippen molar-refractivity contribution in [3.63, 3.8) is 0 Å². The number of benzene rings is 1. The summed E-state index contributed by atoms with van der Waals surface area (Å²) in [6.45, 7) is 1.06. The Morgan fingerprint density at radius 1 is 1.19 bits per heavy atom. The predicted molar refractivity (Wildman–Crippen MR) is 82.5 cm³/mol. The molecule has 1 aliphatic carbocycles. The molecule has 2 rings (SSSR count). The molecule has 0 atom stereocenters. The number of sulfonamides is 1. The van der Waals surface area contributed by atoms with E-state index in [1.54, 1.807) is 18.2 Å². The molecule has 1 fully saturated rings. The molecule has 0 spiro atoms. The van der Waals surface area contributed by atoms with Crippen LogP contribution in [0.3, 0.4) is 0 Å². The standard InChI is InChI=1S/C14H23N3O3S/c15-11-5-7-12(8-6-11)20-10-9-17-13-3-1-2-4-14(13)21(16,18)19/h1-4,11-12,17H,5-10,15H2,(H2,16,18,19). The van der Waals surface area contributed by atoms with Crippen molar-refractivity contribution >= 4 is 15.7 Å². The zero-order chi connectivity index (χ0) is 15.3. The lowest BCUT2D eigenvalue weighted by atomic mass is 9.94. The topological polar surface area (TPSA) is 107 Å². The highest BCUT2D eigenvalue weighted by atomic mass is 32.2. The Kier molecular flexibility index (Phi) is 5.58. The SMILES string of the molecule is NC1CCC(OCCNc2ccccc2S(N)(=O)=O)CC1. The lowest BCUT2D eigenvalue weighted by Gasteiger charge is -2.26. The summed E-state index contributed by atoms with van der Waals surface area (Å²) in [6, 6.07) is 6.90. The second kappa shape index (κ2) is 7.22. The molecule has 0 heterocycles. The van der Waals surface area contributed by atoms with Crippen LogP contribution in [0.1, 0.15) is 25.7 Å². The molecule has 0 amide bonds. The number of primary sulfonamides is 1. The van der Waals surface area contributed by atoms with E-state index in [-0.39, 0.29) is 11.0 Å². The van der Waals surface area contributed by atoms with Gasteiger partial charge in [0.2, 0.25) is 10.0 Å². The van der Waals surface area contributed by atoms with Gasteiger partial charge in [-0.1, -0.05) is 12.1 Å². The van der Waals surface area contributed by atoms with Gasteiger partial charge < -0.3 is 15.8 Å². The number of rotatable bonds is 6. The van der Waals surface area contributed by atoms with Crippen molar-refractivity contribution in [2.45, 2.75) is 42.7 Å². The highest BCUT2D eigenvalue weighted by molar-refractivity contribution is 7.89. The van der Waals surface area contributed by atoms with E-state index in [9.17, 15) is 8.42 Å². The van der Waals surface area contributed by atoms with Crippen LogP contribution < -0.4 is 16.2 Å². The summed E-state index contributed by atoms with van der Waals surface area (Å²) < 4.78 is 28.7. The Balaban J connectivity index is 1.79. The van der Waals surface area contributed by atoms with E-state index in [4.69, 9.17) is 15.6 Å². The maximum Gasteiger partial charge on any atom is 0.240 e. The van der Waals surface area contributed by atoms with Gasteiger partial charge in [-0.2, -0.15) is 0 Å².